The van der Waals surface area contributed by atoms with E-state index >= 15 is 0 Å². The fourth-order valence-corrected chi connectivity index (χ4v) is 1.05. The molecule has 0 aliphatic heterocycles. The lowest BCUT2D eigenvalue weighted by Gasteiger charge is -2.06. The van der Waals surface area contributed by atoms with Crippen LogP contribution in [-0.2, 0) is 0 Å². The van der Waals surface area contributed by atoms with Crippen LogP contribution in [0.3, 0.4) is 0 Å². The molecule has 76 valence electrons. The van der Waals surface area contributed by atoms with Crippen LogP contribution in [0.4, 0.5) is 11.4 Å². The smallest absolute Gasteiger partial charge is 0.253 e. The minimum atomic E-state index is -0.309. The first kappa shape index (κ1) is 10.3. The summed E-state index contributed by atoms with van der Waals surface area (Å²) >= 11 is 0. The van der Waals surface area contributed by atoms with Gasteiger partial charge in [0.25, 0.3) is 5.91 Å². The van der Waals surface area contributed by atoms with Gasteiger partial charge in [0.1, 0.15) is 0 Å². The summed E-state index contributed by atoms with van der Waals surface area (Å²) in [6, 6.07) is 4.68. The van der Waals surface area contributed by atoms with Gasteiger partial charge in [-0.15, -0.1) is 0 Å². The number of amides is 1. The second kappa shape index (κ2) is 4.48. The number of benzene rings is 1. The van der Waals surface area contributed by atoms with Crippen molar-refractivity contribution < 1.29 is 9.90 Å². The molecule has 0 bridgehead atoms. The Hall–Kier alpha value is -1.75. The van der Waals surface area contributed by atoms with E-state index in [0.29, 0.717) is 16.9 Å². The predicted octanol–water partition coefficient (Wildman–Crippen LogP) is -0.427. The van der Waals surface area contributed by atoms with E-state index in [1.807, 2.05) is 0 Å². The predicted molar refractivity (Wildman–Crippen MR) is 54.7 cm³/mol. The number of carbonyl (C=O) groups is 1. The van der Waals surface area contributed by atoms with Crippen molar-refractivity contribution in [3.63, 3.8) is 0 Å². The zero-order valence-corrected chi connectivity index (χ0v) is 7.66. The fraction of sp³-hybridized carbons (Fsp3) is 0.222. The van der Waals surface area contributed by atoms with Gasteiger partial charge in [0.15, 0.2) is 0 Å². The molecule has 0 radical (unpaired) electrons. The molecule has 0 spiro atoms. The number of hydrogen-bond donors (Lipinski definition) is 4. The molecule has 0 unspecified atom stereocenters. The summed E-state index contributed by atoms with van der Waals surface area (Å²) in [6.45, 7) is 0.114. The van der Waals surface area contributed by atoms with Crippen molar-refractivity contribution in [1.82, 2.24) is 5.32 Å². The summed E-state index contributed by atoms with van der Waals surface area (Å²) in [5.74, 6) is -0.309. The second-order valence-corrected chi connectivity index (χ2v) is 2.83. The highest BCUT2D eigenvalue weighted by Crippen LogP contribution is 2.15. The van der Waals surface area contributed by atoms with Gasteiger partial charge in [-0.05, 0) is 18.2 Å². The molecule has 0 saturated carbocycles. The first-order valence-electron chi connectivity index (χ1n) is 4.19. The minimum Gasteiger partial charge on any atom is -0.399 e. The Bertz CT molecular complexity index is 339. The van der Waals surface area contributed by atoms with Crippen LogP contribution in [0.15, 0.2) is 18.2 Å². The number of anilines is 2. The number of nitrogen functional groups attached to an aromatic ring is 2. The van der Waals surface area contributed by atoms with E-state index in [-0.39, 0.29) is 19.1 Å². The second-order valence-electron chi connectivity index (χ2n) is 2.83. The van der Waals surface area contributed by atoms with Crippen molar-refractivity contribution in [3.05, 3.63) is 23.8 Å². The molecule has 0 atom stereocenters. The first-order valence-corrected chi connectivity index (χ1v) is 4.19. The Labute approximate surface area is 81.7 Å². The van der Waals surface area contributed by atoms with Crippen molar-refractivity contribution in [2.24, 2.45) is 0 Å². The van der Waals surface area contributed by atoms with Gasteiger partial charge < -0.3 is 21.9 Å². The minimum absolute atomic E-state index is 0.0966. The maximum absolute atomic E-state index is 11.4. The number of hydrogen-bond acceptors (Lipinski definition) is 4. The fourth-order valence-electron chi connectivity index (χ4n) is 1.05. The van der Waals surface area contributed by atoms with Gasteiger partial charge in [0, 0.05) is 17.9 Å². The van der Waals surface area contributed by atoms with Gasteiger partial charge >= 0.3 is 0 Å². The molecule has 0 saturated heterocycles. The molecule has 0 aliphatic rings. The summed E-state index contributed by atoms with van der Waals surface area (Å²) in [4.78, 5) is 11.4. The molecule has 5 heteroatoms. The van der Waals surface area contributed by atoms with Crippen molar-refractivity contribution in [3.8, 4) is 0 Å². The van der Waals surface area contributed by atoms with E-state index in [2.05, 4.69) is 5.32 Å². The number of carbonyl (C=O) groups excluding carboxylic acids is 1. The Morgan fingerprint density at radius 1 is 1.43 bits per heavy atom. The molecule has 0 fully saturated rings. The Morgan fingerprint density at radius 3 is 2.71 bits per heavy atom. The van der Waals surface area contributed by atoms with Crippen molar-refractivity contribution in [2.75, 3.05) is 24.6 Å². The lowest BCUT2D eigenvalue weighted by molar-refractivity contribution is 0.0945. The van der Waals surface area contributed by atoms with Gasteiger partial charge in [0.2, 0.25) is 0 Å². The van der Waals surface area contributed by atoms with Gasteiger partial charge in [0.05, 0.1) is 12.2 Å². The van der Waals surface area contributed by atoms with Gasteiger partial charge in [-0.2, -0.15) is 0 Å². The van der Waals surface area contributed by atoms with Gasteiger partial charge in [-0.25, -0.2) is 0 Å². The molecule has 0 heterocycles. The molecular weight excluding hydrogens is 182 g/mol. The van der Waals surface area contributed by atoms with Crippen LogP contribution in [-0.4, -0.2) is 24.2 Å². The van der Waals surface area contributed by atoms with E-state index in [9.17, 15) is 4.79 Å². The number of rotatable bonds is 3. The highest BCUT2D eigenvalue weighted by atomic mass is 16.3. The Balaban J connectivity index is 2.80. The lowest BCUT2D eigenvalue weighted by atomic mass is 10.1. The maximum Gasteiger partial charge on any atom is 0.253 e. The summed E-state index contributed by atoms with van der Waals surface area (Å²) in [6.07, 6.45) is 0. The number of nitrogens with one attached hydrogen (secondary N) is 1. The molecule has 0 aromatic heterocycles. The molecule has 14 heavy (non-hydrogen) atoms. The summed E-state index contributed by atoms with van der Waals surface area (Å²) in [5, 5.41) is 11.0. The number of nitrogens with two attached hydrogens (primary N) is 2. The molecule has 1 aromatic carbocycles. The first-order chi connectivity index (χ1) is 6.65. The highest BCUT2D eigenvalue weighted by Gasteiger charge is 2.08. The van der Waals surface area contributed by atoms with Crippen LogP contribution >= 0.6 is 0 Å². The Morgan fingerprint density at radius 2 is 2.14 bits per heavy atom. The van der Waals surface area contributed by atoms with Crippen molar-refractivity contribution in [2.45, 2.75) is 0 Å². The third kappa shape index (κ3) is 2.37. The van der Waals surface area contributed by atoms with Crippen molar-refractivity contribution in [1.29, 1.82) is 0 Å². The normalized spacial score (nSPS) is 9.79. The average molecular weight is 195 g/mol. The molecule has 1 amide bonds. The summed E-state index contributed by atoms with van der Waals surface area (Å²) in [5.41, 5.74) is 12.3. The van der Waals surface area contributed by atoms with E-state index < -0.39 is 0 Å². The zero-order valence-electron chi connectivity index (χ0n) is 7.66. The highest BCUT2D eigenvalue weighted by molar-refractivity contribution is 5.99. The van der Waals surface area contributed by atoms with Gasteiger partial charge in [-0.3, -0.25) is 4.79 Å². The molecule has 1 rings (SSSR count). The van der Waals surface area contributed by atoms with Crippen LogP contribution in [0, 0.1) is 0 Å². The van der Waals surface area contributed by atoms with Crippen LogP contribution in [0.25, 0.3) is 0 Å². The molecule has 6 N–H and O–H groups in total. The molecule has 5 nitrogen and oxygen atoms in total. The van der Waals surface area contributed by atoms with Crippen LogP contribution in [0.5, 0.6) is 0 Å². The molecule has 0 aliphatic carbocycles. The maximum atomic E-state index is 11.4. The van der Waals surface area contributed by atoms with Crippen LogP contribution in [0.1, 0.15) is 10.4 Å². The molecular formula is C9H13N3O2. The Kier molecular flexibility index (Phi) is 3.30. The average Bonchev–Trinajstić information content (AvgIpc) is 2.14. The monoisotopic (exact) mass is 195 g/mol. The van der Waals surface area contributed by atoms with Crippen molar-refractivity contribution >= 4 is 17.3 Å². The van der Waals surface area contributed by atoms with Crippen LogP contribution in [0.2, 0.25) is 0 Å². The van der Waals surface area contributed by atoms with E-state index in [1.54, 1.807) is 12.1 Å². The SMILES string of the molecule is Nc1ccc(C(=O)NCCO)c(N)c1. The van der Waals surface area contributed by atoms with E-state index in [4.69, 9.17) is 16.6 Å². The standard InChI is InChI=1S/C9H13N3O2/c10-6-1-2-7(8(11)5-6)9(14)12-3-4-13/h1-2,5,13H,3-4,10-11H2,(H,12,14). The quantitative estimate of drug-likeness (QED) is 0.492. The van der Waals surface area contributed by atoms with Crippen LogP contribution < -0.4 is 16.8 Å². The third-order valence-corrected chi connectivity index (χ3v) is 1.72. The summed E-state index contributed by atoms with van der Waals surface area (Å²) < 4.78 is 0. The lowest BCUT2D eigenvalue weighted by Crippen LogP contribution is -2.27. The number of aliphatic hydroxyl groups excluding tert-OH is 1. The topological polar surface area (TPSA) is 101 Å². The zero-order chi connectivity index (χ0) is 10.6. The van der Waals surface area contributed by atoms with Gasteiger partial charge in [-0.1, -0.05) is 0 Å². The third-order valence-electron chi connectivity index (χ3n) is 1.72. The number of aliphatic hydroxyl groups is 1. The molecule has 1 aromatic rings. The largest absolute Gasteiger partial charge is 0.399 e. The van der Waals surface area contributed by atoms with E-state index in [0.717, 1.165) is 0 Å². The van der Waals surface area contributed by atoms with E-state index in [1.165, 1.54) is 6.07 Å². The summed E-state index contributed by atoms with van der Waals surface area (Å²) in [7, 11) is 0.